The molecule has 1 aromatic carbocycles. The number of aliphatic hydroxyl groups is 1. The number of anilines is 1. The highest BCUT2D eigenvalue weighted by Crippen LogP contribution is 2.26. The molecule has 0 bridgehead atoms. The highest BCUT2D eigenvalue weighted by molar-refractivity contribution is 7.89. The van der Waals surface area contributed by atoms with Crippen molar-refractivity contribution in [3.05, 3.63) is 52.9 Å². The van der Waals surface area contributed by atoms with Gasteiger partial charge in [-0.3, -0.25) is 4.79 Å². The molecule has 0 amide bonds. The van der Waals surface area contributed by atoms with Gasteiger partial charge < -0.3 is 10.0 Å². The van der Waals surface area contributed by atoms with Gasteiger partial charge in [0.05, 0.1) is 28.9 Å². The molecule has 156 valence electrons. The normalized spacial score (nSPS) is 22.0. The van der Waals surface area contributed by atoms with Crippen LogP contribution in [0.5, 0.6) is 0 Å². The van der Waals surface area contributed by atoms with E-state index in [4.69, 9.17) is 0 Å². The van der Waals surface area contributed by atoms with Crippen LogP contribution in [0.3, 0.4) is 0 Å². The number of sulfonamides is 1. The second kappa shape index (κ2) is 8.25. The van der Waals surface area contributed by atoms with E-state index in [1.165, 1.54) is 8.99 Å². The third-order valence-corrected chi connectivity index (χ3v) is 7.61. The van der Waals surface area contributed by atoms with Crippen molar-refractivity contribution < 1.29 is 13.5 Å². The van der Waals surface area contributed by atoms with Crippen molar-refractivity contribution >= 4 is 15.7 Å². The monoisotopic (exact) mass is 418 g/mol. The van der Waals surface area contributed by atoms with E-state index >= 15 is 0 Å². The van der Waals surface area contributed by atoms with E-state index in [2.05, 4.69) is 10.00 Å². The van der Waals surface area contributed by atoms with Crippen molar-refractivity contribution in [3.63, 3.8) is 0 Å². The van der Waals surface area contributed by atoms with Crippen LogP contribution < -0.4 is 10.5 Å². The highest BCUT2D eigenvalue weighted by Gasteiger charge is 2.32. The average molecular weight is 419 g/mol. The average Bonchev–Trinajstić information content (AvgIpc) is 2.75. The van der Waals surface area contributed by atoms with Crippen molar-refractivity contribution in [1.29, 1.82) is 0 Å². The van der Waals surface area contributed by atoms with E-state index in [-0.39, 0.29) is 29.1 Å². The number of rotatable bonds is 4. The summed E-state index contributed by atoms with van der Waals surface area (Å²) < 4.78 is 28.7. The smallest absolute Gasteiger partial charge is 0.269 e. The van der Waals surface area contributed by atoms with Crippen molar-refractivity contribution in [2.24, 2.45) is 0 Å². The van der Waals surface area contributed by atoms with Crippen LogP contribution in [-0.4, -0.2) is 59.9 Å². The zero-order chi connectivity index (χ0) is 20.4. The van der Waals surface area contributed by atoms with Crippen LogP contribution in [-0.2, 0) is 10.0 Å². The number of hydrogen-bond acceptors (Lipinski definition) is 6. The lowest BCUT2D eigenvalue weighted by Crippen LogP contribution is -2.43. The highest BCUT2D eigenvalue weighted by atomic mass is 32.2. The Balaban J connectivity index is 1.52. The van der Waals surface area contributed by atoms with Gasteiger partial charge in [0.15, 0.2) is 0 Å². The SMILES string of the molecule is O=c1cc(N2CCC(O)CC2)cnn1C1CCCN(S(=O)(=O)c2ccccc2)C1. The Bertz CT molecular complexity index is 1000. The lowest BCUT2D eigenvalue weighted by molar-refractivity contribution is 0.145. The summed E-state index contributed by atoms with van der Waals surface area (Å²) in [6.45, 7) is 2.06. The molecule has 2 aliphatic rings. The quantitative estimate of drug-likeness (QED) is 0.802. The summed E-state index contributed by atoms with van der Waals surface area (Å²) in [5, 5.41) is 14.0. The minimum absolute atomic E-state index is 0.224. The van der Waals surface area contributed by atoms with Gasteiger partial charge in [-0.1, -0.05) is 18.2 Å². The fraction of sp³-hybridized carbons (Fsp3) is 0.500. The summed E-state index contributed by atoms with van der Waals surface area (Å²) in [5.41, 5.74) is 0.528. The van der Waals surface area contributed by atoms with Crippen LogP contribution in [0.15, 0.2) is 52.3 Å². The molecule has 29 heavy (non-hydrogen) atoms. The number of piperidine rings is 2. The van der Waals surface area contributed by atoms with E-state index in [1.54, 1.807) is 42.6 Å². The molecule has 2 aromatic rings. The van der Waals surface area contributed by atoms with Crippen molar-refractivity contribution in [3.8, 4) is 0 Å². The predicted octanol–water partition coefficient (Wildman–Crippen LogP) is 1.23. The van der Waals surface area contributed by atoms with Crippen LogP contribution in [0.25, 0.3) is 0 Å². The number of aromatic nitrogens is 2. The van der Waals surface area contributed by atoms with Crippen LogP contribution >= 0.6 is 0 Å². The molecular formula is C20H26N4O4S. The molecule has 0 radical (unpaired) electrons. The number of aliphatic hydroxyl groups excluding tert-OH is 1. The molecule has 9 heteroatoms. The van der Waals surface area contributed by atoms with Crippen LogP contribution in [0.4, 0.5) is 5.69 Å². The first-order chi connectivity index (χ1) is 13.9. The van der Waals surface area contributed by atoms with E-state index in [1.807, 2.05) is 0 Å². The van der Waals surface area contributed by atoms with E-state index < -0.39 is 10.0 Å². The minimum Gasteiger partial charge on any atom is -0.393 e. The molecule has 4 rings (SSSR count). The molecule has 1 aromatic heterocycles. The first-order valence-electron chi connectivity index (χ1n) is 10.0. The van der Waals surface area contributed by atoms with E-state index in [0.29, 0.717) is 45.3 Å². The van der Waals surface area contributed by atoms with Gasteiger partial charge >= 0.3 is 0 Å². The van der Waals surface area contributed by atoms with Gasteiger partial charge in [-0.15, -0.1) is 0 Å². The molecule has 8 nitrogen and oxygen atoms in total. The zero-order valence-corrected chi connectivity index (χ0v) is 17.0. The van der Waals surface area contributed by atoms with Gasteiger partial charge in [-0.25, -0.2) is 13.1 Å². The van der Waals surface area contributed by atoms with Gasteiger partial charge in [0.1, 0.15) is 0 Å². The summed E-state index contributed by atoms with van der Waals surface area (Å²) in [5.74, 6) is 0. The maximum atomic E-state index is 12.9. The second-order valence-electron chi connectivity index (χ2n) is 7.69. The Morgan fingerprint density at radius 1 is 1.03 bits per heavy atom. The number of nitrogens with zero attached hydrogens (tertiary/aromatic N) is 4. The molecule has 3 heterocycles. The molecule has 2 aliphatic heterocycles. The number of hydrogen-bond donors (Lipinski definition) is 1. The van der Waals surface area contributed by atoms with Crippen molar-refractivity contribution in [2.45, 2.75) is 42.7 Å². The van der Waals surface area contributed by atoms with Gasteiger partial charge in [0, 0.05) is 32.2 Å². The summed E-state index contributed by atoms with van der Waals surface area (Å²) in [6, 6.07) is 9.66. The first kappa shape index (κ1) is 20.1. The minimum atomic E-state index is -3.59. The number of benzene rings is 1. The standard InChI is InChI=1S/C20H26N4O4S/c25-18-8-11-22(12-9-18)17-13-20(26)24(21-14-17)16-5-4-10-23(15-16)29(27,28)19-6-2-1-3-7-19/h1-3,6-7,13-14,16,18,25H,4-5,8-12,15H2. The summed E-state index contributed by atoms with van der Waals surface area (Å²) in [6.07, 6.45) is 4.14. The summed E-state index contributed by atoms with van der Waals surface area (Å²) in [4.78, 5) is 15.1. The lowest BCUT2D eigenvalue weighted by Gasteiger charge is -2.33. The maximum absolute atomic E-state index is 12.9. The Kier molecular flexibility index (Phi) is 5.71. The molecular weight excluding hydrogens is 392 g/mol. The third-order valence-electron chi connectivity index (χ3n) is 5.73. The molecule has 1 atom stereocenters. The van der Waals surface area contributed by atoms with Gasteiger partial charge in [0.25, 0.3) is 5.56 Å². The molecule has 1 N–H and O–H groups in total. The molecule has 0 aliphatic carbocycles. The van der Waals surface area contributed by atoms with Crippen molar-refractivity contribution in [1.82, 2.24) is 14.1 Å². The van der Waals surface area contributed by atoms with Crippen molar-refractivity contribution in [2.75, 3.05) is 31.1 Å². The largest absolute Gasteiger partial charge is 0.393 e. The molecule has 1 unspecified atom stereocenters. The van der Waals surface area contributed by atoms with Crippen LogP contribution in [0.2, 0.25) is 0 Å². The molecule has 2 saturated heterocycles. The van der Waals surface area contributed by atoms with Crippen LogP contribution in [0, 0.1) is 0 Å². The lowest BCUT2D eigenvalue weighted by atomic mass is 10.1. The Labute approximate surface area is 170 Å². The summed E-state index contributed by atoms with van der Waals surface area (Å²) >= 11 is 0. The molecule has 0 saturated carbocycles. The van der Waals surface area contributed by atoms with Gasteiger partial charge in [-0.05, 0) is 37.8 Å². The van der Waals surface area contributed by atoms with Crippen LogP contribution in [0.1, 0.15) is 31.7 Å². The Morgan fingerprint density at radius 3 is 2.45 bits per heavy atom. The zero-order valence-electron chi connectivity index (χ0n) is 16.2. The van der Waals surface area contributed by atoms with Gasteiger partial charge in [-0.2, -0.15) is 9.40 Å². The van der Waals surface area contributed by atoms with Gasteiger partial charge in [0.2, 0.25) is 10.0 Å². The Hall–Kier alpha value is -2.23. The first-order valence-corrected chi connectivity index (χ1v) is 11.5. The fourth-order valence-corrected chi connectivity index (χ4v) is 5.60. The fourth-order valence-electron chi connectivity index (χ4n) is 4.06. The van der Waals surface area contributed by atoms with E-state index in [9.17, 15) is 18.3 Å². The molecule has 2 fully saturated rings. The maximum Gasteiger partial charge on any atom is 0.269 e. The topological polar surface area (TPSA) is 95.7 Å². The Morgan fingerprint density at radius 2 is 1.76 bits per heavy atom. The third kappa shape index (κ3) is 4.22. The van der Waals surface area contributed by atoms with E-state index in [0.717, 1.165) is 5.69 Å². The predicted molar refractivity (Wildman–Crippen MR) is 109 cm³/mol. The summed E-state index contributed by atoms with van der Waals surface area (Å²) in [7, 11) is -3.59. The molecule has 0 spiro atoms. The second-order valence-corrected chi connectivity index (χ2v) is 9.62.